The normalized spacial score (nSPS) is 21.7. The lowest BCUT2D eigenvalue weighted by atomic mass is 10.2. The van der Waals surface area contributed by atoms with E-state index in [0.717, 1.165) is 5.06 Å². The van der Waals surface area contributed by atoms with Crippen molar-refractivity contribution in [2.45, 2.75) is 83.8 Å². The molecule has 0 saturated carbocycles. The van der Waals surface area contributed by atoms with Crippen LogP contribution in [0.2, 0.25) is 18.1 Å². The molecule has 1 aliphatic heterocycles. The van der Waals surface area contributed by atoms with Crippen LogP contribution in [-0.2, 0) is 18.8 Å². The molecule has 0 N–H and O–H groups in total. The van der Waals surface area contributed by atoms with E-state index < -0.39 is 26.1 Å². The van der Waals surface area contributed by atoms with Gasteiger partial charge in [0, 0.05) is 20.0 Å². The lowest BCUT2D eigenvalue weighted by molar-refractivity contribution is -0.173. The van der Waals surface area contributed by atoms with E-state index in [-0.39, 0.29) is 17.0 Å². The van der Waals surface area contributed by atoms with Gasteiger partial charge >= 0.3 is 6.09 Å². The number of rotatable bonds is 4. The molecule has 2 atom stereocenters. The van der Waals surface area contributed by atoms with E-state index >= 15 is 0 Å². The van der Waals surface area contributed by atoms with E-state index in [4.69, 9.17) is 14.0 Å². The van der Waals surface area contributed by atoms with E-state index in [2.05, 4.69) is 33.9 Å². The molecule has 0 unspecified atom stereocenters. The Balaban J connectivity index is 3.01. The monoisotopic (exact) mass is 388 g/mol. The Kier molecular flexibility index (Phi) is 6.93. The Morgan fingerprint density at radius 3 is 2.08 bits per heavy atom. The van der Waals surface area contributed by atoms with Crippen molar-refractivity contribution >= 4 is 20.3 Å². The van der Waals surface area contributed by atoms with Crippen molar-refractivity contribution in [1.82, 2.24) is 9.96 Å². The molecule has 1 aliphatic rings. The third-order valence-corrected chi connectivity index (χ3v) is 9.56. The number of hydroxylamine groups is 2. The number of amides is 2. The number of nitrogens with zero attached hydrogens (tertiary/aromatic N) is 2. The molecule has 1 heterocycles. The molecule has 0 aromatic heterocycles. The van der Waals surface area contributed by atoms with Gasteiger partial charge in [0.15, 0.2) is 8.32 Å². The minimum atomic E-state index is -2.02. The van der Waals surface area contributed by atoms with Gasteiger partial charge in [-0.1, -0.05) is 20.8 Å². The largest absolute Gasteiger partial charge is 0.444 e. The third kappa shape index (κ3) is 5.69. The zero-order valence-corrected chi connectivity index (χ0v) is 19.0. The van der Waals surface area contributed by atoms with Crippen LogP contribution in [-0.4, -0.2) is 68.7 Å². The van der Waals surface area contributed by atoms with Crippen molar-refractivity contribution in [3.8, 4) is 0 Å². The predicted octanol–water partition coefficient (Wildman–Crippen LogP) is 3.41. The zero-order valence-electron chi connectivity index (χ0n) is 18.0. The van der Waals surface area contributed by atoms with Crippen molar-refractivity contribution in [2.24, 2.45) is 0 Å². The van der Waals surface area contributed by atoms with Gasteiger partial charge in [-0.25, -0.2) is 9.86 Å². The number of hydrogen-bond donors (Lipinski definition) is 0. The van der Waals surface area contributed by atoms with Gasteiger partial charge in [-0.15, -0.1) is 0 Å². The highest BCUT2D eigenvalue weighted by molar-refractivity contribution is 6.74. The summed E-state index contributed by atoms with van der Waals surface area (Å²) in [6.45, 7) is 16.6. The molecular weight excluding hydrogens is 352 g/mol. The van der Waals surface area contributed by atoms with Crippen LogP contribution in [0.3, 0.4) is 0 Å². The predicted molar refractivity (Wildman–Crippen MR) is 103 cm³/mol. The van der Waals surface area contributed by atoms with Crippen molar-refractivity contribution in [3.05, 3.63) is 0 Å². The highest BCUT2D eigenvalue weighted by Gasteiger charge is 2.47. The Morgan fingerprint density at radius 1 is 1.12 bits per heavy atom. The molecule has 0 spiro atoms. The van der Waals surface area contributed by atoms with E-state index in [0.29, 0.717) is 13.0 Å². The molecule has 0 aromatic carbocycles. The number of likely N-dealkylation sites (N-methyl/N-ethyl adjacent to an activating group) is 1. The summed E-state index contributed by atoms with van der Waals surface area (Å²) in [6.07, 6.45) is -0.248. The standard InChI is InChI=1S/C18H36N2O5Si/c1-17(2,3)24-16(22)20-12-13(25-26(9,10)18(4,5)6)11-14(20)15(21)19(7)23-8/h13-14H,11-12H2,1-10H3/t13-,14+/m1/s1. The second-order valence-electron chi connectivity index (χ2n) is 9.40. The van der Waals surface area contributed by atoms with Gasteiger partial charge < -0.3 is 9.16 Å². The van der Waals surface area contributed by atoms with Gasteiger partial charge in [-0.2, -0.15) is 0 Å². The SMILES string of the molecule is CON(C)C(=O)[C@@H]1C[C@@H](O[Si](C)(C)C(C)(C)C)CN1C(=O)OC(C)(C)C. The summed E-state index contributed by atoms with van der Waals surface area (Å²) in [6, 6.07) is -0.649. The molecule has 1 saturated heterocycles. The Morgan fingerprint density at radius 2 is 1.65 bits per heavy atom. The van der Waals surface area contributed by atoms with E-state index in [1.54, 1.807) is 0 Å². The van der Waals surface area contributed by atoms with Crippen molar-refractivity contribution in [1.29, 1.82) is 0 Å². The highest BCUT2D eigenvalue weighted by Crippen LogP contribution is 2.39. The smallest absolute Gasteiger partial charge is 0.411 e. The maximum Gasteiger partial charge on any atom is 0.411 e. The van der Waals surface area contributed by atoms with Crippen molar-refractivity contribution in [3.63, 3.8) is 0 Å². The maximum absolute atomic E-state index is 12.7. The molecule has 2 amide bonds. The fraction of sp³-hybridized carbons (Fsp3) is 0.889. The fourth-order valence-corrected chi connectivity index (χ4v) is 3.89. The fourth-order valence-electron chi connectivity index (χ4n) is 2.53. The quantitative estimate of drug-likeness (QED) is 0.545. The Hall–Kier alpha value is -1.12. The molecular formula is C18H36N2O5Si. The van der Waals surface area contributed by atoms with Gasteiger partial charge in [0.05, 0.1) is 13.2 Å². The zero-order chi connectivity index (χ0) is 20.5. The van der Waals surface area contributed by atoms with Crippen LogP contribution in [0, 0.1) is 0 Å². The number of carbonyl (C=O) groups excluding carboxylic acids is 2. The summed E-state index contributed by atoms with van der Waals surface area (Å²) >= 11 is 0. The molecule has 26 heavy (non-hydrogen) atoms. The van der Waals surface area contributed by atoms with Crippen LogP contribution in [0.5, 0.6) is 0 Å². The number of carbonyl (C=O) groups is 2. The topological polar surface area (TPSA) is 68.3 Å². The number of hydrogen-bond acceptors (Lipinski definition) is 5. The Bertz CT molecular complexity index is 525. The average Bonchev–Trinajstić information content (AvgIpc) is 2.85. The van der Waals surface area contributed by atoms with Gasteiger partial charge in [0.2, 0.25) is 0 Å². The van der Waals surface area contributed by atoms with Crippen LogP contribution < -0.4 is 0 Å². The van der Waals surface area contributed by atoms with Crippen LogP contribution >= 0.6 is 0 Å². The summed E-state index contributed by atoms with van der Waals surface area (Å²) in [4.78, 5) is 31.8. The summed E-state index contributed by atoms with van der Waals surface area (Å²) < 4.78 is 11.9. The van der Waals surface area contributed by atoms with Gasteiger partial charge in [-0.3, -0.25) is 14.5 Å². The summed E-state index contributed by atoms with van der Waals surface area (Å²) in [7, 11) is 0.948. The molecule has 0 bridgehead atoms. The van der Waals surface area contributed by atoms with Gasteiger partial charge in [0.1, 0.15) is 11.6 Å². The number of ether oxygens (including phenoxy) is 1. The minimum Gasteiger partial charge on any atom is -0.444 e. The van der Waals surface area contributed by atoms with Crippen molar-refractivity contribution in [2.75, 3.05) is 20.7 Å². The van der Waals surface area contributed by atoms with Crippen LogP contribution in [0.25, 0.3) is 0 Å². The molecule has 8 heteroatoms. The molecule has 1 fully saturated rings. The molecule has 0 aromatic rings. The molecule has 1 rings (SSSR count). The first-order valence-electron chi connectivity index (χ1n) is 9.08. The molecule has 152 valence electrons. The van der Waals surface area contributed by atoms with E-state index in [1.807, 2.05) is 20.8 Å². The van der Waals surface area contributed by atoms with Crippen molar-refractivity contribution < 1.29 is 23.6 Å². The lowest BCUT2D eigenvalue weighted by Crippen LogP contribution is -2.48. The molecule has 7 nitrogen and oxygen atoms in total. The third-order valence-electron chi connectivity index (χ3n) is 5.03. The highest BCUT2D eigenvalue weighted by atomic mass is 28.4. The minimum absolute atomic E-state index is 0.0508. The molecule has 0 aliphatic carbocycles. The lowest BCUT2D eigenvalue weighted by Gasteiger charge is -2.38. The first kappa shape index (κ1) is 22.9. The summed E-state index contributed by atoms with van der Waals surface area (Å²) in [5.74, 6) is -0.278. The average molecular weight is 389 g/mol. The summed E-state index contributed by atoms with van der Waals surface area (Å²) in [5, 5.41) is 1.20. The maximum atomic E-state index is 12.7. The van der Waals surface area contributed by atoms with E-state index in [1.165, 1.54) is 19.1 Å². The van der Waals surface area contributed by atoms with Crippen LogP contribution in [0.15, 0.2) is 0 Å². The van der Waals surface area contributed by atoms with Gasteiger partial charge in [-0.05, 0) is 38.9 Å². The summed E-state index contributed by atoms with van der Waals surface area (Å²) in [5.41, 5.74) is -0.629. The first-order chi connectivity index (χ1) is 11.6. The van der Waals surface area contributed by atoms with Gasteiger partial charge in [0.25, 0.3) is 5.91 Å². The second kappa shape index (κ2) is 7.86. The van der Waals surface area contributed by atoms with E-state index in [9.17, 15) is 9.59 Å². The van der Waals surface area contributed by atoms with Crippen LogP contribution in [0.4, 0.5) is 4.79 Å². The van der Waals surface area contributed by atoms with Crippen LogP contribution in [0.1, 0.15) is 48.0 Å². The second-order valence-corrected chi connectivity index (χ2v) is 14.2. The first-order valence-corrected chi connectivity index (χ1v) is 12.0. The Labute approximate surface area is 159 Å². The molecule has 0 radical (unpaired) electrons. The number of likely N-dealkylation sites (tertiary alicyclic amines) is 1.